The highest BCUT2D eigenvalue weighted by Crippen LogP contribution is 2.45. The van der Waals surface area contributed by atoms with Crippen LogP contribution in [-0.2, 0) is 31.6 Å². The number of hydrogen-bond donors (Lipinski definition) is 1. The number of amides is 2. The van der Waals surface area contributed by atoms with Gasteiger partial charge in [0.05, 0.1) is 46.9 Å². The molecule has 4 aromatic rings. The number of alkyl halides is 9. The van der Waals surface area contributed by atoms with Gasteiger partial charge in [-0.25, -0.2) is 0 Å². The number of rotatable bonds is 7. The third-order valence-electron chi connectivity index (χ3n) is 8.88. The maximum Gasteiger partial charge on any atom is 0.416 e. The summed E-state index contributed by atoms with van der Waals surface area (Å²) in [6.07, 6.45) is -14.4. The number of carbonyl (C=O) groups is 2. The average molecular weight is 726 g/mol. The van der Waals surface area contributed by atoms with Crippen molar-refractivity contribution in [3.63, 3.8) is 0 Å². The summed E-state index contributed by atoms with van der Waals surface area (Å²) < 4.78 is 125. The van der Waals surface area contributed by atoms with Crippen LogP contribution >= 0.6 is 0 Å². The summed E-state index contributed by atoms with van der Waals surface area (Å²) in [7, 11) is 0. The fourth-order valence-electron chi connectivity index (χ4n) is 6.64. The summed E-state index contributed by atoms with van der Waals surface area (Å²) in [5.74, 6) is -1.35. The van der Waals surface area contributed by atoms with E-state index in [2.05, 4.69) is 20.7 Å². The van der Waals surface area contributed by atoms with E-state index in [1.807, 2.05) is 0 Å². The quantitative estimate of drug-likeness (QED) is 0.155. The van der Waals surface area contributed by atoms with Crippen LogP contribution in [-0.4, -0.2) is 50.0 Å². The fourth-order valence-corrected chi connectivity index (χ4v) is 6.64. The lowest BCUT2D eigenvalue weighted by molar-refractivity contribution is -0.143. The van der Waals surface area contributed by atoms with Crippen molar-refractivity contribution in [2.24, 2.45) is 0 Å². The largest absolute Gasteiger partial charge is 0.416 e. The molecule has 3 aromatic carbocycles. The predicted molar refractivity (Wildman–Crippen MR) is 164 cm³/mol. The molecule has 1 N–H and O–H groups in total. The summed E-state index contributed by atoms with van der Waals surface area (Å²) in [5, 5.41) is 15.3. The Hall–Kier alpha value is -5.16. The van der Waals surface area contributed by atoms with E-state index in [0.717, 1.165) is 9.70 Å². The van der Waals surface area contributed by atoms with E-state index in [1.54, 1.807) is 12.1 Å². The number of aryl methyl sites for hydroxylation is 1. The van der Waals surface area contributed by atoms with Gasteiger partial charge >= 0.3 is 18.5 Å². The zero-order valence-corrected chi connectivity index (χ0v) is 26.8. The van der Waals surface area contributed by atoms with E-state index >= 15 is 0 Å². The SMILES string of the molecule is Cc1cc2c(c(C)c1C(F)(F)F)NCCCC2N(Cc1cc(C(F)(F)F)cc(C(F)(F)F)c1)c1nnn(CCN2C(=O)c3ccccc3C2=O)n1. The van der Waals surface area contributed by atoms with Crippen LogP contribution in [0.5, 0.6) is 0 Å². The van der Waals surface area contributed by atoms with Crippen LogP contribution in [0, 0.1) is 13.8 Å². The van der Waals surface area contributed by atoms with Gasteiger partial charge in [0, 0.05) is 18.8 Å². The van der Waals surface area contributed by atoms with Gasteiger partial charge in [0.1, 0.15) is 0 Å². The number of hydrogen-bond acceptors (Lipinski definition) is 7. The predicted octanol–water partition coefficient (Wildman–Crippen LogP) is 7.60. The van der Waals surface area contributed by atoms with Gasteiger partial charge in [0.15, 0.2) is 0 Å². The van der Waals surface area contributed by atoms with E-state index in [0.29, 0.717) is 24.1 Å². The Kier molecular flexibility index (Phi) is 9.00. The summed E-state index contributed by atoms with van der Waals surface area (Å²) in [6.45, 7) is 1.77. The molecule has 0 fully saturated rings. The Morgan fingerprint density at radius 2 is 1.45 bits per heavy atom. The third-order valence-corrected chi connectivity index (χ3v) is 8.88. The van der Waals surface area contributed by atoms with Gasteiger partial charge in [0.25, 0.3) is 17.8 Å². The maximum absolute atomic E-state index is 14.1. The fraction of sp³-hybridized carbons (Fsp3) is 0.364. The molecule has 0 spiro atoms. The molecular weight excluding hydrogens is 697 g/mol. The number of nitrogens with zero attached hydrogens (tertiary/aromatic N) is 6. The van der Waals surface area contributed by atoms with Crippen LogP contribution in [0.4, 0.5) is 51.1 Å². The number of halogens is 9. The molecule has 1 aromatic heterocycles. The first-order chi connectivity index (χ1) is 23.8. The average Bonchev–Trinajstić information content (AvgIpc) is 3.52. The monoisotopic (exact) mass is 725 g/mol. The number of anilines is 2. The lowest BCUT2D eigenvalue weighted by Crippen LogP contribution is -2.33. The van der Waals surface area contributed by atoms with E-state index in [-0.39, 0.29) is 66.0 Å². The van der Waals surface area contributed by atoms with Crippen molar-refractivity contribution < 1.29 is 49.1 Å². The van der Waals surface area contributed by atoms with Crippen molar-refractivity contribution >= 4 is 23.5 Å². The Balaban J connectivity index is 1.41. The summed E-state index contributed by atoms with van der Waals surface area (Å²) in [4.78, 5) is 29.0. The first-order valence-corrected chi connectivity index (χ1v) is 15.6. The molecule has 2 aliphatic heterocycles. The lowest BCUT2D eigenvalue weighted by Gasteiger charge is -2.32. The summed E-state index contributed by atoms with van der Waals surface area (Å²) in [6, 6.07) is 7.68. The van der Waals surface area contributed by atoms with Crippen molar-refractivity contribution in [3.8, 4) is 0 Å². The molecular formula is C33H28F9N7O2. The standard InChI is InChI=1S/C33H28F9N7O2/c1-17-12-24-25(8-5-9-43-27(24)18(2)26(17)33(40,41)42)48(16-19-13-20(31(34,35)36)15-21(14-19)32(37,38)39)30-44-46-49(45-30)11-10-47-28(50)22-6-3-4-7-23(22)29(47)51/h3-4,6-7,12-15,25,43H,5,8-11,16H2,1-2H3. The molecule has 6 rings (SSSR count). The number of imide groups is 1. The second-order valence-corrected chi connectivity index (χ2v) is 12.3. The van der Waals surface area contributed by atoms with Crippen molar-refractivity contribution in [2.45, 2.75) is 64.3 Å². The van der Waals surface area contributed by atoms with Gasteiger partial charge in [-0.15, -0.1) is 5.10 Å². The van der Waals surface area contributed by atoms with Gasteiger partial charge in [-0.2, -0.15) is 44.3 Å². The summed E-state index contributed by atoms with van der Waals surface area (Å²) >= 11 is 0. The van der Waals surface area contributed by atoms with Crippen molar-refractivity contribution in [3.05, 3.63) is 98.6 Å². The molecule has 0 aliphatic carbocycles. The zero-order valence-electron chi connectivity index (χ0n) is 26.8. The molecule has 1 unspecified atom stereocenters. The molecule has 9 nitrogen and oxygen atoms in total. The minimum Gasteiger partial charge on any atom is -0.385 e. The second-order valence-electron chi connectivity index (χ2n) is 12.3. The Bertz CT molecular complexity index is 1940. The van der Waals surface area contributed by atoms with Crippen LogP contribution in [0.1, 0.15) is 78.5 Å². The molecule has 3 heterocycles. The lowest BCUT2D eigenvalue weighted by atomic mass is 9.91. The molecule has 2 aliphatic rings. The first-order valence-electron chi connectivity index (χ1n) is 15.6. The molecule has 270 valence electrons. The second kappa shape index (κ2) is 12.9. The number of tetrazole rings is 1. The minimum atomic E-state index is -5.13. The van der Waals surface area contributed by atoms with Gasteiger partial charge in [-0.3, -0.25) is 14.5 Å². The van der Waals surface area contributed by atoms with E-state index in [1.165, 1.54) is 36.9 Å². The van der Waals surface area contributed by atoms with Crippen LogP contribution in [0.25, 0.3) is 0 Å². The molecule has 2 amide bonds. The van der Waals surface area contributed by atoms with Crippen LogP contribution in [0.2, 0.25) is 0 Å². The Morgan fingerprint density at radius 1 is 0.843 bits per heavy atom. The van der Waals surface area contributed by atoms with Gasteiger partial charge in [-0.1, -0.05) is 23.3 Å². The van der Waals surface area contributed by atoms with E-state index in [4.69, 9.17) is 0 Å². The third kappa shape index (κ3) is 6.95. The minimum absolute atomic E-state index is 0.00213. The highest BCUT2D eigenvalue weighted by Gasteiger charge is 2.40. The number of nitrogens with one attached hydrogen (secondary N) is 1. The summed E-state index contributed by atoms with van der Waals surface area (Å²) in [5.41, 5.74) is -3.79. The van der Waals surface area contributed by atoms with Gasteiger partial charge < -0.3 is 10.2 Å². The van der Waals surface area contributed by atoms with Crippen molar-refractivity contribution in [1.29, 1.82) is 0 Å². The molecule has 0 saturated carbocycles. The number of benzene rings is 3. The molecule has 1 atom stereocenters. The van der Waals surface area contributed by atoms with Gasteiger partial charge in [0.2, 0.25) is 0 Å². The first kappa shape index (κ1) is 35.7. The highest BCUT2D eigenvalue weighted by atomic mass is 19.4. The Morgan fingerprint density at radius 3 is 2.02 bits per heavy atom. The number of carbonyl (C=O) groups excluding carboxylic acids is 2. The molecule has 18 heteroatoms. The Labute approximate surface area is 284 Å². The van der Waals surface area contributed by atoms with Crippen LogP contribution < -0.4 is 10.2 Å². The number of aromatic nitrogens is 4. The van der Waals surface area contributed by atoms with Crippen LogP contribution in [0.3, 0.4) is 0 Å². The van der Waals surface area contributed by atoms with Crippen molar-refractivity contribution in [1.82, 2.24) is 25.1 Å². The number of fused-ring (bicyclic) bond motifs is 2. The highest BCUT2D eigenvalue weighted by molar-refractivity contribution is 6.21. The zero-order chi connectivity index (χ0) is 37.0. The smallest absolute Gasteiger partial charge is 0.385 e. The topological polar surface area (TPSA) is 96.2 Å². The van der Waals surface area contributed by atoms with Gasteiger partial charge in [-0.05, 0) is 84.5 Å². The molecule has 0 bridgehead atoms. The van der Waals surface area contributed by atoms with E-state index < -0.39 is 65.2 Å². The molecule has 0 saturated heterocycles. The van der Waals surface area contributed by atoms with E-state index in [9.17, 15) is 49.1 Å². The van der Waals surface area contributed by atoms with Crippen LogP contribution in [0.15, 0.2) is 48.5 Å². The maximum atomic E-state index is 14.1. The normalized spacial score (nSPS) is 16.5. The molecule has 51 heavy (non-hydrogen) atoms. The van der Waals surface area contributed by atoms with Crippen molar-refractivity contribution in [2.75, 3.05) is 23.3 Å². The molecule has 0 radical (unpaired) electrons.